The van der Waals surface area contributed by atoms with Crippen molar-refractivity contribution in [2.75, 3.05) is 0 Å². The van der Waals surface area contributed by atoms with Gasteiger partial charge in [-0.3, -0.25) is 0 Å². The van der Waals surface area contributed by atoms with Gasteiger partial charge in [-0.25, -0.2) is 0 Å². The van der Waals surface area contributed by atoms with Crippen LogP contribution in [0.1, 0.15) is 37.3 Å². The van der Waals surface area contributed by atoms with Crippen LogP contribution < -0.4 is 5.73 Å². The Morgan fingerprint density at radius 3 is 2.50 bits per heavy atom. The molecule has 4 heteroatoms. The Hall–Kier alpha value is -0.440. The van der Waals surface area contributed by atoms with E-state index in [1.165, 1.54) is 25.7 Å². The standard InChI is InChI=1S/C12H16ClNO.ClH/c13-10-7-9(5-6-11(10)15)12(14)8-3-1-2-4-8;/h5-8,12,15H,1-4,14H2;1H/t12-;/m1./s1. The van der Waals surface area contributed by atoms with Crippen molar-refractivity contribution in [1.29, 1.82) is 0 Å². The van der Waals surface area contributed by atoms with Gasteiger partial charge in [0.1, 0.15) is 5.75 Å². The molecule has 1 aromatic carbocycles. The maximum Gasteiger partial charge on any atom is 0.134 e. The highest BCUT2D eigenvalue weighted by atomic mass is 35.5. The molecule has 16 heavy (non-hydrogen) atoms. The number of nitrogens with two attached hydrogens (primary N) is 1. The Labute approximate surface area is 107 Å². The molecule has 1 fully saturated rings. The minimum Gasteiger partial charge on any atom is -0.506 e. The lowest BCUT2D eigenvalue weighted by molar-refractivity contribution is 0.443. The van der Waals surface area contributed by atoms with Crippen LogP contribution in [-0.4, -0.2) is 5.11 Å². The summed E-state index contributed by atoms with van der Waals surface area (Å²) in [5.74, 6) is 0.699. The molecular weight excluding hydrogens is 245 g/mol. The molecule has 1 aliphatic carbocycles. The van der Waals surface area contributed by atoms with Crippen LogP contribution in [0, 0.1) is 5.92 Å². The Kier molecular flexibility index (Phi) is 4.90. The summed E-state index contributed by atoms with van der Waals surface area (Å²) in [4.78, 5) is 0. The summed E-state index contributed by atoms with van der Waals surface area (Å²) < 4.78 is 0. The topological polar surface area (TPSA) is 46.2 Å². The first-order valence-electron chi connectivity index (χ1n) is 5.42. The second-order valence-corrected chi connectivity index (χ2v) is 4.69. The highest BCUT2D eigenvalue weighted by Crippen LogP contribution is 2.36. The minimum absolute atomic E-state index is 0. The molecule has 0 aliphatic heterocycles. The van der Waals surface area contributed by atoms with Gasteiger partial charge < -0.3 is 10.8 Å². The zero-order chi connectivity index (χ0) is 10.8. The molecule has 0 amide bonds. The predicted molar refractivity (Wildman–Crippen MR) is 69.3 cm³/mol. The van der Waals surface area contributed by atoms with Crippen molar-refractivity contribution in [3.63, 3.8) is 0 Å². The van der Waals surface area contributed by atoms with Crippen LogP contribution in [0.15, 0.2) is 18.2 Å². The van der Waals surface area contributed by atoms with E-state index in [0.717, 1.165) is 5.56 Å². The van der Waals surface area contributed by atoms with Crippen LogP contribution in [0.25, 0.3) is 0 Å². The van der Waals surface area contributed by atoms with Crippen LogP contribution in [-0.2, 0) is 0 Å². The monoisotopic (exact) mass is 261 g/mol. The van der Waals surface area contributed by atoms with E-state index in [4.69, 9.17) is 17.3 Å². The minimum atomic E-state index is 0. The molecule has 90 valence electrons. The number of rotatable bonds is 2. The number of phenolic OH excluding ortho intramolecular Hbond substituents is 1. The van der Waals surface area contributed by atoms with E-state index in [1.54, 1.807) is 12.1 Å². The first kappa shape index (κ1) is 13.6. The van der Waals surface area contributed by atoms with Crippen molar-refractivity contribution in [2.45, 2.75) is 31.7 Å². The van der Waals surface area contributed by atoms with Crippen LogP contribution in [0.2, 0.25) is 5.02 Å². The third-order valence-corrected chi connectivity index (χ3v) is 3.57. The fraction of sp³-hybridized carbons (Fsp3) is 0.500. The molecular formula is C12H17Cl2NO. The summed E-state index contributed by atoms with van der Waals surface area (Å²) in [5, 5.41) is 9.71. The van der Waals surface area contributed by atoms with Gasteiger partial charge in [0.2, 0.25) is 0 Å². The number of halogens is 2. The van der Waals surface area contributed by atoms with Gasteiger partial charge in [-0.15, -0.1) is 12.4 Å². The van der Waals surface area contributed by atoms with Gasteiger partial charge >= 0.3 is 0 Å². The maximum absolute atomic E-state index is 9.32. The Morgan fingerprint density at radius 2 is 1.94 bits per heavy atom. The fourth-order valence-electron chi connectivity index (χ4n) is 2.32. The lowest BCUT2D eigenvalue weighted by atomic mass is 9.92. The van der Waals surface area contributed by atoms with Gasteiger partial charge in [0.15, 0.2) is 0 Å². The van der Waals surface area contributed by atoms with Crippen molar-refractivity contribution in [2.24, 2.45) is 11.7 Å². The second kappa shape index (κ2) is 5.76. The van der Waals surface area contributed by atoms with E-state index in [1.807, 2.05) is 6.07 Å². The van der Waals surface area contributed by atoms with Crippen LogP contribution in [0.4, 0.5) is 0 Å². The van der Waals surface area contributed by atoms with E-state index < -0.39 is 0 Å². The number of hydrogen-bond acceptors (Lipinski definition) is 2. The summed E-state index contributed by atoms with van der Waals surface area (Å²) in [6.45, 7) is 0. The summed E-state index contributed by atoms with van der Waals surface area (Å²) in [7, 11) is 0. The van der Waals surface area contributed by atoms with E-state index in [-0.39, 0.29) is 24.2 Å². The van der Waals surface area contributed by atoms with E-state index in [9.17, 15) is 5.11 Å². The third kappa shape index (κ3) is 2.82. The molecule has 0 saturated heterocycles. The van der Waals surface area contributed by atoms with Gasteiger partial charge in [0.05, 0.1) is 5.02 Å². The van der Waals surface area contributed by atoms with Crippen molar-refractivity contribution in [1.82, 2.24) is 0 Å². The quantitative estimate of drug-likeness (QED) is 0.854. The van der Waals surface area contributed by atoms with Gasteiger partial charge in [-0.1, -0.05) is 30.5 Å². The largest absolute Gasteiger partial charge is 0.506 e. The lowest BCUT2D eigenvalue weighted by Crippen LogP contribution is -2.18. The lowest BCUT2D eigenvalue weighted by Gasteiger charge is -2.19. The van der Waals surface area contributed by atoms with Crippen molar-refractivity contribution >= 4 is 24.0 Å². The third-order valence-electron chi connectivity index (χ3n) is 3.26. The summed E-state index contributed by atoms with van der Waals surface area (Å²) in [6, 6.07) is 5.32. The van der Waals surface area contributed by atoms with E-state index >= 15 is 0 Å². The average molecular weight is 262 g/mol. The molecule has 1 saturated carbocycles. The number of hydrogen-bond donors (Lipinski definition) is 2. The molecule has 0 heterocycles. The molecule has 2 nitrogen and oxygen atoms in total. The molecule has 0 bridgehead atoms. The number of aromatic hydroxyl groups is 1. The number of phenols is 1. The maximum atomic E-state index is 9.32. The van der Waals surface area contributed by atoms with Gasteiger partial charge in [0.25, 0.3) is 0 Å². The van der Waals surface area contributed by atoms with Gasteiger partial charge in [0, 0.05) is 6.04 Å². The Bertz CT molecular complexity index is 351. The van der Waals surface area contributed by atoms with Crippen molar-refractivity contribution in [3.8, 4) is 5.75 Å². The molecule has 1 atom stereocenters. The molecule has 0 spiro atoms. The molecule has 0 aromatic heterocycles. The molecule has 3 N–H and O–H groups in total. The Balaban J connectivity index is 0.00000128. The summed E-state index contributed by atoms with van der Waals surface area (Å²) in [6.07, 6.45) is 4.98. The zero-order valence-electron chi connectivity index (χ0n) is 9.03. The first-order chi connectivity index (χ1) is 7.18. The van der Waals surface area contributed by atoms with Crippen LogP contribution in [0.3, 0.4) is 0 Å². The molecule has 2 rings (SSSR count). The molecule has 0 radical (unpaired) electrons. The van der Waals surface area contributed by atoms with Crippen molar-refractivity contribution in [3.05, 3.63) is 28.8 Å². The normalized spacial score (nSPS) is 18.1. The van der Waals surface area contributed by atoms with Gasteiger partial charge in [-0.05, 0) is 36.5 Å². The predicted octanol–water partition coefficient (Wildman–Crippen LogP) is 3.66. The van der Waals surface area contributed by atoms with E-state index in [0.29, 0.717) is 10.9 Å². The smallest absolute Gasteiger partial charge is 0.134 e. The highest BCUT2D eigenvalue weighted by Gasteiger charge is 2.23. The SMILES string of the molecule is Cl.N[C@@H](c1ccc(O)c(Cl)c1)C1CCCC1. The van der Waals surface area contributed by atoms with E-state index in [2.05, 4.69) is 0 Å². The molecule has 1 aromatic rings. The fourth-order valence-corrected chi connectivity index (χ4v) is 2.51. The summed E-state index contributed by atoms with van der Waals surface area (Å²) >= 11 is 5.86. The first-order valence-corrected chi connectivity index (χ1v) is 5.80. The number of benzene rings is 1. The van der Waals surface area contributed by atoms with Gasteiger partial charge in [-0.2, -0.15) is 0 Å². The van der Waals surface area contributed by atoms with Crippen molar-refractivity contribution < 1.29 is 5.11 Å². The zero-order valence-corrected chi connectivity index (χ0v) is 10.6. The van der Waals surface area contributed by atoms with Crippen LogP contribution in [0.5, 0.6) is 5.75 Å². The second-order valence-electron chi connectivity index (χ2n) is 4.28. The average Bonchev–Trinajstić information content (AvgIpc) is 2.74. The highest BCUT2D eigenvalue weighted by molar-refractivity contribution is 6.32. The van der Waals surface area contributed by atoms with Crippen LogP contribution >= 0.6 is 24.0 Å². The summed E-state index contributed by atoms with van der Waals surface area (Å²) in [5.41, 5.74) is 7.21. The Morgan fingerprint density at radius 1 is 1.31 bits per heavy atom. The molecule has 1 aliphatic rings. The molecule has 0 unspecified atom stereocenters.